The van der Waals surface area contributed by atoms with Crippen molar-refractivity contribution in [3.63, 3.8) is 0 Å². The fourth-order valence-corrected chi connectivity index (χ4v) is 4.72. The SMILES string of the molecule is C/C=C(/C)C(=O)NC[C@@H]1NC(=O)C(C(=O)OC)NC(=O)[C@@H](O)CNC(=O)[C@H]([C@@H](C)O)NC(=O)C(C(O)C(O)C(N)=O)NC(=O)[C@H](C(C)C)NC(=O)[C@H](CO)NC1=O. The van der Waals surface area contributed by atoms with E-state index in [0.29, 0.717) is 0 Å². The van der Waals surface area contributed by atoms with Crippen LogP contribution >= 0.6 is 0 Å². The molecule has 0 aliphatic carbocycles. The normalized spacial score (nSPS) is 26.9. The second-order valence-electron chi connectivity index (χ2n) is 13.0. The Kier molecular flexibility index (Phi) is 19.6. The van der Waals surface area contributed by atoms with Gasteiger partial charge in [-0.15, -0.1) is 0 Å². The summed E-state index contributed by atoms with van der Waals surface area (Å²) in [4.78, 5) is 130. The van der Waals surface area contributed by atoms with E-state index in [2.05, 4.69) is 26.0 Å². The van der Waals surface area contributed by atoms with E-state index in [1.165, 1.54) is 33.8 Å². The van der Waals surface area contributed by atoms with Gasteiger partial charge in [0.25, 0.3) is 11.8 Å². The van der Waals surface area contributed by atoms with Gasteiger partial charge in [-0.25, -0.2) is 4.79 Å². The molecule has 0 aromatic carbocycles. The van der Waals surface area contributed by atoms with Crippen LogP contribution in [0.1, 0.15) is 34.6 Å². The zero-order valence-corrected chi connectivity index (χ0v) is 31.9. The summed E-state index contributed by atoms with van der Waals surface area (Å²) in [6.07, 6.45) is -7.64. The zero-order chi connectivity index (χ0) is 43.9. The minimum Gasteiger partial charge on any atom is -0.467 e. The summed E-state index contributed by atoms with van der Waals surface area (Å²) in [5.41, 5.74) is 5.23. The van der Waals surface area contributed by atoms with Crippen molar-refractivity contribution in [1.29, 1.82) is 0 Å². The molecule has 0 saturated carbocycles. The number of nitrogens with one attached hydrogen (secondary N) is 8. The number of esters is 1. The minimum atomic E-state index is -2.51. The van der Waals surface area contributed by atoms with E-state index in [9.17, 15) is 73.5 Å². The third-order valence-corrected chi connectivity index (χ3v) is 8.31. The molecule has 320 valence electrons. The summed E-state index contributed by atoms with van der Waals surface area (Å²) < 4.78 is 4.55. The first kappa shape index (κ1) is 49.3. The van der Waals surface area contributed by atoms with Gasteiger partial charge in [0, 0.05) is 12.1 Å². The summed E-state index contributed by atoms with van der Waals surface area (Å²) >= 11 is 0. The van der Waals surface area contributed by atoms with Crippen molar-refractivity contribution in [3.05, 3.63) is 11.6 Å². The van der Waals surface area contributed by atoms with Gasteiger partial charge >= 0.3 is 5.97 Å². The van der Waals surface area contributed by atoms with E-state index in [1.54, 1.807) is 0 Å². The lowest BCUT2D eigenvalue weighted by molar-refractivity contribution is -0.151. The van der Waals surface area contributed by atoms with E-state index < -0.39 is 145 Å². The molecular weight excluding hydrogens is 766 g/mol. The maximum absolute atomic E-state index is 13.5. The Labute approximate surface area is 325 Å². The lowest BCUT2D eigenvalue weighted by Gasteiger charge is -2.31. The van der Waals surface area contributed by atoms with Crippen molar-refractivity contribution >= 4 is 59.1 Å². The fraction of sp³-hybridized carbons (Fsp3) is 0.625. The highest BCUT2D eigenvalue weighted by atomic mass is 16.5. The number of β-amino-alcohol motifs (C(OH)–C–C–N with tert-alkyl or cyclic N) is 1. The monoisotopic (exact) mass is 817 g/mol. The first-order valence-electron chi connectivity index (χ1n) is 17.2. The average molecular weight is 818 g/mol. The fourth-order valence-electron chi connectivity index (χ4n) is 4.72. The second kappa shape index (κ2) is 22.7. The third kappa shape index (κ3) is 14.4. The molecule has 57 heavy (non-hydrogen) atoms. The molecule has 0 aromatic heterocycles. The van der Waals surface area contributed by atoms with Gasteiger partial charge in [-0.1, -0.05) is 19.9 Å². The van der Waals surface area contributed by atoms with E-state index in [4.69, 9.17) is 5.73 Å². The van der Waals surface area contributed by atoms with Gasteiger partial charge in [0.15, 0.2) is 6.10 Å². The highest BCUT2D eigenvalue weighted by Gasteiger charge is 2.41. The number of methoxy groups -OCH3 is 1. The number of amides is 9. The smallest absolute Gasteiger partial charge is 0.338 e. The van der Waals surface area contributed by atoms with Gasteiger partial charge < -0.3 is 78.5 Å². The van der Waals surface area contributed by atoms with Crippen LogP contribution in [-0.2, 0) is 52.7 Å². The Morgan fingerprint density at radius 3 is 1.82 bits per heavy atom. The molecule has 10 atom stereocenters. The van der Waals surface area contributed by atoms with E-state index in [1.807, 2.05) is 21.3 Å². The molecule has 1 heterocycles. The summed E-state index contributed by atoms with van der Waals surface area (Å²) in [5, 5.41) is 68.4. The number of hydrogen-bond acceptors (Lipinski definition) is 16. The van der Waals surface area contributed by atoms with Crippen LogP contribution in [0.15, 0.2) is 11.6 Å². The zero-order valence-electron chi connectivity index (χ0n) is 31.9. The van der Waals surface area contributed by atoms with Crippen molar-refractivity contribution in [1.82, 2.24) is 42.5 Å². The quantitative estimate of drug-likeness (QED) is 0.0553. The highest BCUT2D eigenvalue weighted by molar-refractivity contribution is 6.07. The van der Waals surface area contributed by atoms with E-state index in [0.717, 1.165) is 14.0 Å². The highest BCUT2D eigenvalue weighted by Crippen LogP contribution is 2.09. The number of ether oxygens (including phenoxy) is 1. The standard InChI is InChI=1S/C32H51N9O16/c1-7-12(4)24(48)34-8-14-25(49)37-15(10-42)26(50)38-17(11(2)3)29(53)40-19(21(45)22(46)23(33)47)30(54)39-18(13(5)43)28(52)35-9-16(44)27(51)41-20(31(55)36-14)32(56)57-6/h7,11,13-22,42-46H,8-10H2,1-6H3,(H2,33,47)(H,34,48)(H,35,52)(H,36,55)(H,37,49)(H,38,50)(H,39,54)(H,40,53)(H,41,51)/b12-7-/t13-,14+,15+,16+,17+,18+,19?,20?,21?,22?/m1/s1. The van der Waals surface area contributed by atoms with Crippen LogP contribution in [0.25, 0.3) is 0 Å². The first-order chi connectivity index (χ1) is 26.5. The number of carbonyl (C=O) groups excluding carboxylic acids is 10. The second-order valence-corrected chi connectivity index (χ2v) is 13.0. The van der Waals surface area contributed by atoms with Crippen LogP contribution in [0, 0.1) is 5.92 Å². The van der Waals surface area contributed by atoms with Crippen molar-refractivity contribution in [2.75, 3.05) is 26.8 Å². The summed E-state index contributed by atoms with van der Waals surface area (Å²) in [6.45, 7) is 3.86. The molecule has 0 radical (unpaired) electrons. The molecule has 1 saturated heterocycles. The van der Waals surface area contributed by atoms with Gasteiger partial charge in [-0.05, 0) is 26.7 Å². The number of primary amides is 1. The summed E-state index contributed by atoms with van der Waals surface area (Å²) in [7, 11) is 0.822. The number of hydrogen-bond donors (Lipinski definition) is 14. The predicted octanol–water partition coefficient (Wildman–Crippen LogP) is -9.12. The molecule has 1 rings (SSSR count). The largest absolute Gasteiger partial charge is 0.467 e. The van der Waals surface area contributed by atoms with Crippen LogP contribution in [0.2, 0.25) is 0 Å². The first-order valence-corrected chi connectivity index (χ1v) is 17.2. The number of aliphatic hydroxyl groups excluding tert-OH is 5. The lowest BCUT2D eigenvalue weighted by atomic mass is 9.99. The topological polar surface area (TPSA) is 403 Å². The van der Waals surface area contributed by atoms with Crippen molar-refractivity contribution < 1.29 is 78.2 Å². The molecule has 4 unspecified atom stereocenters. The van der Waals surface area contributed by atoms with Crippen molar-refractivity contribution in [3.8, 4) is 0 Å². The Morgan fingerprint density at radius 1 is 0.789 bits per heavy atom. The van der Waals surface area contributed by atoms with Crippen LogP contribution in [0.3, 0.4) is 0 Å². The van der Waals surface area contributed by atoms with Crippen LogP contribution in [0.5, 0.6) is 0 Å². The minimum absolute atomic E-state index is 0.169. The van der Waals surface area contributed by atoms with Gasteiger partial charge in [-0.3, -0.25) is 43.2 Å². The Hall–Kier alpha value is -5.76. The van der Waals surface area contributed by atoms with Crippen LogP contribution in [0.4, 0.5) is 0 Å². The van der Waals surface area contributed by atoms with Gasteiger partial charge in [0.1, 0.15) is 42.4 Å². The molecule has 1 aliphatic heterocycles. The summed E-state index contributed by atoms with van der Waals surface area (Å²) in [6, 6.07) is -12.1. The predicted molar refractivity (Wildman–Crippen MR) is 190 cm³/mol. The Morgan fingerprint density at radius 2 is 1.32 bits per heavy atom. The van der Waals surface area contributed by atoms with E-state index in [-0.39, 0.29) is 5.57 Å². The number of aliphatic hydroxyl groups is 5. The molecule has 0 bridgehead atoms. The number of carbonyl (C=O) groups is 10. The third-order valence-electron chi connectivity index (χ3n) is 8.31. The molecule has 1 aliphatic rings. The number of rotatable bonds is 10. The Balaban J connectivity index is 3.85. The maximum atomic E-state index is 13.5. The number of allylic oxidation sites excluding steroid dienone is 1. The van der Waals surface area contributed by atoms with Crippen molar-refractivity contribution in [2.45, 2.75) is 95.3 Å². The van der Waals surface area contributed by atoms with Crippen molar-refractivity contribution in [2.24, 2.45) is 11.7 Å². The molecular formula is C32H51N9O16. The molecule has 25 nitrogen and oxygen atoms in total. The average Bonchev–Trinajstić information content (AvgIpc) is 3.16. The molecule has 25 heteroatoms. The summed E-state index contributed by atoms with van der Waals surface area (Å²) in [5.74, 6) is -14.1. The lowest BCUT2D eigenvalue weighted by Crippen LogP contribution is -2.66. The molecule has 9 amide bonds. The van der Waals surface area contributed by atoms with Gasteiger partial charge in [0.05, 0.1) is 26.4 Å². The van der Waals surface area contributed by atoms with Gasteiger partial charge in [0.2, 0.25) is 47.4 Å². The van der Waals surface area contributed by atoms with Crippen LogP contribution in [-0.4, -0.2) is 172 Å². The maximum Gasteiger partial charge on any atom is 0.338 e. The van der Waals surface area contributed by atoms with E-state index >= 15 is 0 Å². The van der Waals surface area contributed by atoms with Crippen LogP contribution < -0.4 is 48.3 Å². The van der Waals surface area contributed by atoms with Gasteiger partial charge in [-0.2, -0.15) is 0 Å². The molecule has 15 N–H and O–H groups in total. The number of nitrogens with two attached hydrogens (primary N) is 1. The Bertz CT molecular complexity index is 1570. The molecule has 0 aromatic rings. The molecule has 1 fully saturated rings. The molecule has 0 spiro atoms.